The summed E-state index contributed by atoms with van der Waals surface area (Å²) in [7, 11) is 0. The maximum absolute atomic E-state index is 8.90. The highest BCUT2D eigenvalue weighted by Gasteiger charge is 2.07. The molecule has 0 aliphatic carbocycles. The molecule has 1 N–H and O–H groups in total. The molecule has 84 valence electrons. The molecular weight excluding hydrogens is 200 g/mol. The molecule has 0 aliphatic heterocycles. The normalized spacial score (nSPS) is 10.6. The van der Waals surface area contributed by atoms with Crippen LogP contribution in [0.15, 0.2) is 40.8 Å². The summed E-state index contributed by atoms with van der Waals surface area (Å²) in [5, 5.41) is 8.90. The Balaban J connectivity index is 2.13. The van der Waals surface area contributed by atoms with Gasteiger partial charge in [0.1, 0.15) is 11.5 Å². The summed E-state index contributed by atoms with van der Waals surface area (Å²) in [5.74, 6) is 1.88. The number of hydrogen-bond acceptors (Lipinski definition) is 2. The van der Waals surface area contributed by atoms with Gasteiger partial charge in [-0.2, -0.15) is 0 Å². The van der Waals surface area contributed by atoms with E-state index in [0.29, 0.717) is 6.42 Å². The fourth-order valence-corrected chi connectivity index (χ4v) is 1.84. The van der Waals surface area contributed by atoms with Crippen molar-refractivity contribution in [1.82, 2.24) is 0 Å². The van der Waals surface area contributed by atoms with Crippen LogP contribution in [0, 0.1) is 6.92 Å². The SMILES string of the molecule is Cc1oc(Cc2ccccc2)cc1CCO. The highest BCUT2D eigenvalue weighted by atomic mass is 16.3. The molecule has 0 radical (unpaired) electrons. The zero-order valence-electron chi connectivity index (χ0n) is 9.44. The fraction of sp³-hybridized carbons (Fsp3) is 0.286. The summed E-state index contributed by atoms with van der Waals surface area (Å²) in [6.45, 7) is 2.12. The molecule has 1 heterocycles. The van der Waals surface area contributed by atoms with Gasteiger partial charge in [-0.15, -0.1) is 0 Å². The molecule has 0 saturated heterocycles. The molecule has 0 unspecified atom stereocenters. The van der Waals surface area contributed by atoms with Crippen molar-refractivity contribution in [3.8, 4) is 0 Å². The minimum atomic E-state index is 0.172. The molecule has 0 fully saturated rings. The van der Waals surface area contributed by atoms with Crippen molar-refractivity contribution in [1.29, 1.82) is 0 Å². The second-order valence-electron chi connectivity index (χ2n) is 3.93. The molecule has 0 aliphatic rings. The average Bonchev–Trinajstić information content (AvgIpc) is 2.61. The Labute approximate surface area is 95.5 Å². The lowest BCUT2D eigenvalue weighted by molar-refractivity contribution is 0.298. The predicted molar refractivity (Wildman–Crippen MR) is 63.5 cm³/mol. The van der Waals surface area contributed by atoms with Gasteiger partial charge >= 0.3 is 0 Å². The minimum Gasteiger partial charge on any atom is -0.466 e. The lowest BCUT2D eigenvalue weighted by Gasteiger charge is -1.96. The zero-order chi connectivity index (χ0) is 11.4. The average molecular weight is 216 g/mol. The van der Waals surface area contributed by atoms with Crippen molar-refractivity contribution in [2.45, 2.75) is 19.8 Å². The molecule has 1 aromatic carbocycles. The maximum atomic E-state index is 8.90. The summed E-state index contributed by atoms with van der Waals surface area (Å²) >= 11 is 0. The molecule has 2 rings (SSSR count). The van der Waals surface area contributed by atoms with Crippen LogP contribution in [0.3, 0.4) is 0 Å². The first-order valence-corrected chi connectivity index (χ1v) is 5.52. The van der Waals surface area contributed by atoms with Gasteiger partial charge in [0, 0.05) is 13.0 Å². The van der Waals surface area contributed by atoms with Gasteiger partial charge in [-0.25, -0.2) is 0 Å². The van der Waals surface area contributed by atoms with Crippen molar-refractivity contribution in [3.63, 3.8) is 0 Å². The fourth-order valence-electron chi connectivity index (χ4n) is 1.84. The second kappa shape index (κ2) is 4.99. The maximum Gasteiger partial charge on any atom is 0.108 e. The Morgan fingerprint density at radius 1 is 1.19 bits per heavy atom. The van der Waals surface area contributed by atoms with Gasteiger partial charge in [0.05, 0.1) is 0 Å². The van der Waals surface area contributed by atoms with Gasteiger partial charge < -0.3 is 9.52 Å². The molecule has 0 bridgehead atoms. The number of aryl methyl sites for hydroxylation is 1. The van der Waals surface area contributed by atoms with E-state index < -0.39 is 0 Å². The van der Waals surface area contributed by atoms with E-state index >= 15 is 0 Å². The number of benzene rings is 1. The zero-order valence-corrected chi connectivity index (χ0v) is 9.44. The lowest BCUT2D eigenvalue weighted by atomic mass is 10.1. The van der Waals surface area contributed by atoms with E-state index in [-0.39, 0.29) is 6.61 Å². The standard InChI is InChI=1S/C14H16O2/c1-11-13(7-8-15)10-14(16-11)9-12-5-3-2-4-6-12/h2-6,10,15H,7-9H2,1H3. The van der Waals surface area contributed by atoms with Crippen LogP contribution in [0.4, 0.5) is 0 Å². The summed E-state index contributed by atoms with van der Waals surface area (Å²) in [6, 6.07) is 12.3. The third-order valence-corrected chi connectivity index (χ3v) is 2.67. The van der Waals surface area contributed by atoms with Gasteiger partial charge in [0.15, 0.2) is 0 Å². The van der Waals surface area contributed by atoms with Crippen LogP contribution < -0.4 is 0 Å². The predicted octanol–water partition coefficient (Wildman–Crippen LogP) is 2.71. The minimum absolute atomic E-state index is 0.172. The van der Waals surface area contributed by atoms with Crippen LogP contribution in [0.1, 0.15) is 22.6 Å². The monoisotopic (exact) mass is 216 g/mol. The van der Waals surface area contributed by atoms with E-state index in [0.717, 1.165) is 23.5 Å². The smallest absolute Gasteiger partial charge is 0.108 e. The molecule has 0 atom stereocenters. The molecule has 2 nitrogen and oxygen atoms in total. The largest absolute Gasteiger partial charge is 0.466 e. The first-order valence-electron chi connectivity index (χ1n) is 5.52. The third kappa shape index (κ3) is 2.52. The molecule has 2 heteroatoms. The molecule has 2 aromatic rings. The second-order valence-corrected chi connectivity index (χ2v) is 3.93. The quantitative estimate of drug-likeness (QED) is 0.852. The first kappa shape index (κ1) is 11.0. The Hall–Kier alpha value is -1.54. The Morgan fingerprint density at radius 3 is 2.62 bits per heavy atom. The third-order valence-electron chi connectivity index (χ3n) is 2.67. The van der Waals surface area contributed by atoms with Gasteiger partial charge in [-0.1, -0.05) is 30.3 Å². The Bertz CT molecular complexity index is 443. The van der Waals surface area contributed by atoms with E-state index in [1.807, 2.05) is 31.2 Å². The van der Waals surface area contributed by atoms with E-state index in [2.05, 4.69) is 12.1 Å². The number of rotatable bonds is 4. The molecular formula is C14H16O2. The van der Waals surface area contributed by atoms with Crippen LogP contribution in [0.2, 0.25) is 0 Å². The Morgan fingerprint density at radius 2 is 1.94 bits per heavy atom. The van der Waals surface area contributed by atoms with E-state index in [4.69, 9.17) is 9.52 Å². The Kier molecular flexibility index (Phi) is 3.42. The summed E-state index contributed by atoms with van der Waals surface area (Å²) in [4.78, 5) is 0. The lowest BCUT2D eigenvalue weighted by Crippen LogP contribution is -1.89. The topological polar surface area (TPSA) is 33.4 Å². The van der Waals surface area contributed by atoms with Crippen molar-refractivity contribution in [3.05, 3.63) is 59.0 Å². The van der Waals surface area contributed by atoms with Crippen molar-refractivity contribution < 1.29 is 9.52 Å². The van der Waals surface area contributed by atoms with Crippen LogP contribution >= 0.6 is 0 Å². The molecule has 16 heavy (non-hydrogen) atoms. The molecule has 0 saturated carbocycles. The first-order chi connectivity index (χ1) is 7.79. The van der Waals surface area contributed by atoms with Gasteiger partial charge in [0.2, 0.25) is 0 Å². The summed E-state index contributed by atoms with van der Waals surface area (Å²) in [5.41, 5.74) is 2.35. The molecule has 0 amide bonds. The summed E-state index contributed by atoms with van der Waals surface area (Å²) < 4.78 is 5.66. The van der Waals surface area contributed by atoms with Gasteiger partial charge in [-0.05, 0) is 30.5 Å². The van der Waals surface area contributed by atoms with Crippen LogP contribution in [-0.4, -0.2) is 11.7 Å². The van der Waals surface area contributed by atoms with Crippen molar-refractivity contribution in [2.24, 2.45) is 0 Å². The van der Waals surface area contributed by atoms with Gasteiger partial charge in [0.25, 0.3) is 0 Å². The number of aliphatic hydroxyl groups excluding tert-OH is 1. The van der Waals surface area contributed by atoms with Crippen LogP contribution in [-0.2, 0) is 12.8 Å². The molecule has 1 aromatic heterocycles. The van der Waals surface area contributed by atoms with Crippen molar-refractivity contribution in [2.75, 3.05) is 6.61 Å². The van der Waals surface area contributed by atoms with E-state index in [1.54, 1.807) is 0 Å². The van der Waals surface area contributed by atoms with Crippen LogP contribution in [0.5, 0.6) is 0 Å². The highest BCUT2D eigenvalue weighted by molar-refractivity contribution is 5.26. The van der Waals surface area contributed by atoms with Gasteiger partial charge in [-0.3, -0.25) is 0 Å². The van der Waals surface area contributed by atoms with Crippen LogP contribution in [0.25, 0.3) is 0 Å². The summed E-state index contributed by atoms with van der Waals surface area (Å²) in [6.07, 6.45) is 1.48. The number of furan rings is 1. The van der Waals surface area contributed by atoms with Crippen molar-refractivity contribution >= 4 is 0 Å². The van der Waals surface area contributed by atoms with E-state index in [9.17, 15) is 0 Å². The highest BCUT2D eigenvalue weighted by Crippen LogP contribution is 2.18. The number of aliphatic hydroxyl groups is 1. The van der Waals surface area contributed by atoms with E-state index in [1.165, 1.54) is 5.56 Å². The molecule has 0 spiro atoms. The number of hydrogen-bond donors (Lipinski definition) is 1.